The normalized spacial score (nSPS) is 11.8. The Morgan fingerprint density at radius 2 is 1.81 bits per heavy atom. The molecule has 0 saturated carbocycles. The third-order valence-electron chi connectivity index (χ3n) is 4.15. The molecule has 1 aromatic heterocycles. The van der Waals surface area contributed by atoms with Crippen molar-refractivity contribution in [2.75, 3.05) is 22.2 Å². The number of aromatic nitrogens is 1. The number of nitrogens with zero attached hydrogens (tertiary/aromatic N) is 2. The molecule has 0 bridgehead atoms. The molecule has 162 valence electrons. The van der Waals surface area contributed by atoms with Gasteiger partial charge in [0.1, 0.15) is 11.5 Å². The quantitative estimate of drug-likeness (QED) is 0.248. The van der Waals surface area contributed by atoms with E-state index in [1.165, 1.54) is 23.3 Å². The first-order chi connectivity index (χ1) is 14.7. The number of hydrogen-bond donors (Lipinski definition) is 4. The molecule has 3 rings (SSSR count). The average Bonchev–Trinajstić information content (AvgIpc) is 2.74. The van der Waals surface area contributed by atoms with Crippen LogP contribution in [0.2, 0.25) is 0 Å². The van der Waals surface area contributed by atoms with E-state index in [-0.39, 0.29) is 17.9 Å². The van der Waals surface area contributed by atoms with E-state index in [0.29, 0.717) is 17.1 Å². The number of alkyl halides is 3. The zero-order valence-electron chi connectivity index (χ0n) is 16.2. The van der Waals surface area contributed by atoms with Crippen LogP contribution < -0.4 is 27.2 Å². The van der Waals surface area contributed by atoms with Gasteiger partial charge >= 0.3 is 6.18 Å². The van der Waals surface area contributed by atoms with Gasteiger partial charge < -0.3 is 16.4 Å². The van der Waals surface area contributed by atoms with Crippen molar-refractivity contribution < 1.29 is 17.6 Å². The van der Waals surface area contributed by atoms with Crippen LogP contribution in [0.4, 0.5) is 40.3 Å². The fraction of sp³-hybridized carbons (Fsp3) is 0.0952. The molecule has 6 N–H and O–H groups in total. The summed E-state index contributed by atoms with van der Waals surface area (Å²) < 4.78 is 52.1. The maximum absolute atomic E-state index is 13.8. The Bertz CT molecular complexity index is 1070. The number of rotatable bonds is 7. The zero-order valence-corrected chi connectivity index (χ0v) is 16.2. The lowest BCUT2D eigenvalue weighted by atomic mass is 10.2. The van der Waals surface area contributed by atoms with Gasteiger partial charge in [-0.1, -0.05) is 18.2 Å². The van der Waals surface area contributed by atoms with Gasteiger partial charge in [-0.05, 0) is 42.5 Å². The van der Waals surface area contributed by atoms with Crippen LogP contribution in [-0.2, 0) is 6.18 Å². The number of benzene rings is 2. The Morgan fingerprint density at radius 3 is 2.55 bits per heavy atom. The molecule has 0 aliphatic carbocycles. The van der Waals surface area contributed by atoms with Crippen molar-refractivity contribution in [3.63, 3.8) is 0 Å². The summed E-state index contributed by atoms with van der Waals surface area (Å²) in [4.78, 5) is 3.30. The zero-order chi connectivity index (χ0) is 22.4. The topological polar surface area (TPSA) is 92.2 Å². The van der Waals surface area contributed by atoms with E-state index in [1.54, 1.807) is 42.5 Å². The SMILES string of the molecule is N/C(=C\N(N)c1cccc(Nc2ccccc2F)c1)CNc1ccnc(C(F)(F)F)c1. The van der Waals surface area contributed by atoms with Crippen molar-refractivity contribution in [3.05, 3.63) is 90.3 Å². The van der Waals surface area contributed by atoms with Gasteiger partial charge in [0.15, 0.2) is 0 Å². The number of hydrazine groups is 1. The third-order valence-corrected chi connectivity index (χ3v) is 4.15. The molecule has 0 aliphatic heterocycles. The first-order valence-corrected chi connectivity index (χ1v) is 9.11. The monoisotopic (exact) mass is 432 g/mol. The molecule has 0 unspecified atom stereocenters. The van der Waals surface area contributed by atoms with Crippen LogP contribution in [0.15, 0.2) is 78.8 Å². The summed E-state index contributed by atoms with van der Waals surface area (Å²) in [6.07, 6.45) is -2.04. The minimum Gasteiger partial charge on any atom is -0.399 e. The smallest absolute Gasteiger partial charge is 0.399 e. The Morgan fingerprint density at radius 1 is 1.03 bits per heavy atom. The first kappa shape index (κ1) is 21.9. The van der Waals surface area contributed by atoms with Gasteiger partial charge in [-0.2, -0.15) is 13.2 Å². The highest BCUT2D eigenvalue weighted by Crippen LogP contribution is 2.29. The van der Waals surface area contributed by atoms with Crippen LogP contribution in [-0.4, -0.2) is 11.5 Å². The number of para-hydroxylation sites is 1. The van der Waals surface area contributed by atoms with Crippen LogP contribution in [0.25, 0.3) is 0 Å². The van der Waals surface area contributed by atoms with Crippen LogP contribution >= 0.6 is 0 Å². The second kappa shape index (κ2) is 9.35. The van der Waals surface area contributed by atoms with Gasteiger partial charge in [-0.25, -0.2) is 10.2 Å². The fourth-order valence-electron chi connectivity index (χ4n) is 2.66. The lowest BCUT2D eigenvalue weighted by molar-refractivity contribution is -0.141. The molecule has 0 spiro atoms. The molecular formula is C21H20F4N6. The van der Waals surface area contributed by atoms with Crippen molar-refractivity contribution in [2.24, 2.45) is 11.6 Å². The van der Waals surface area contributed by atoms with E-state index in [1.807, 2.05) is 0 Å². The van der Waals surface area contributed by atoms with E-state index in [0.717, 1.165) is 12.3 Å². The van der Waals surface area contributed by atoms with Crippen LogP contribution in [0.1, 0.15) is 5.69 Å². The Hall–Kier alpha value is -3.79. The van der Waals surface area contributed by atoms with E-state index in [4.69, 9.17) is 11.6 Å². The highest BCUT2D eigenvalue weighted by atomic mass is 19.4. The lowest BCUT2D eigenvalue weighted by Crippen LogP contribution is -2.27. The number of halogens is 4. The highest BCUT2D eigenvalue weighted by molar-refractivity contribution is 5.65. The molecule has 1 heterocycles. The maximum Gasteiger partial charge on any atom is 0.433 e. The van der Waals surface area contributed by atoms with Gasteiger partial charge in [0.05, 0.1) is 17.9 Å². The summed E-state index contributed by atoms with van der Waals surface area (Å²) in [6.45, 7) is 0.0577. The second-order valence-electron chi connectivity index (χ2n) is 6.55. The maximum atomic E-state index is 13.8. The number of nitrogens with one attached hydrogen (secondary N) is 2. The number of anilines is 4. The summed E-state index contributed by atoms with van der Waals surface area (Å²) in [5.41, 5.74) is 6.93. The largest absolute Gasteiger partial charge is 0.433 e. The molecule has 10 heteroatoms. The highest BCUT2D eigenvalue weighted by Gasteiger charge is 2.32. The van der Waals surface area contributed by atoms with E-state index in [9.17, 15) is 17.6 Å². The molecule has 0 amide bonds. The molecule has 0 radical (unpaired) electrons. The van der Waals surface area contributed by atoms with Crippen molar-refractivity contribution >= 4 is 22.7 Å². The predicted octanol–water partition coefficient (Wildman–Crippen LogP) is 4.58. The van der Waals surface area contributed by atoms with Crippen molar-refractivity contribution in [3.8, 4) is 0 Å². The minimum atomic E-state index is -4.53. The molecule has 0 saturated heterocycles. The van der Waals surface area contributed by atoms with Crippen LogP contribution in [0.5, 0.6) is 0 Å². The van der Waals surface area contributed by atoms with Crippen LogP contribution in [0, 0.1) is 5.82 Å². The van der Waals surface area contributed by atoms with Gasteiger partial charge in [0.25, 0.3) is 0 Å². The summed E-state index contributed by atoms with van der Waals surface area (Å²) in [6, 6.07) is 15.5. The second-order valence-corrected chi connectivity index (χ2v) is 6.55. The molecule has 2 aromatic carbocycles. The Balaban J connectivity index is 1.65. The van der Waals surface area contributed by atoms with Crippen molar-refractivity contribution in [2.45, 2.75) is 6.18 Å². The van der Waals surface area contributed by atoms with Gasteiger partial charge in [-0.3, -0.25) is 9.99 Å². The van der Waals surface area contributed by atoms with Crippen molar-refractivity contribution in [1.29, 1.82) is 0 Å². The molecule has 3 aromatic rings. The number of hydrogen-bond acceptors (Lipinski definition) is 6. The molecule has 31 heavy (non-hydrogen) atoms. The fourth-order valence-corrected chi connectivity index (χ4v) is 2.66. The predicted molar refractivity (Wildman–Crippen MR) is 113 cm³/mol. The van der Waals surface area contributed by atoms with Crippen LogP contribution in [0.3, 0.4) is 0 Å². The van der Waals surface area contributed by atoms with Gasteiger partial charge in [-0.15, -0.1) is 0 Å². The summed E-state index contributed by atoms with van der Waals surface area (Å²) in [5.74, 6) is 5.64. The Labute approximate surface area is 176 Å². The summed E-state index contributed by atoms with van der Waals surface area (Å²) >= 11 is 0. The van der Waals surface area contributed by atoms with E-state index >= 15 is 0 Å². The molecule has 0 aliphatic rings. The van der Waals surface area contributed by atoms with Gasteiger partial charge in [0, 0.05) is 29.5 Å². The third kappa shape index (κ3) is 6.09. The number of nitrogens with two attached hydrogens (primary N) is 2. The van der Waals surface area contributed by atoms with Gasteiger partial charge in [0.2, 0.25) is 0 Å². The molecular weight excluding hydrogens is 412 g/mol. The molecule has 0 atom stereocenters. The average molecular weight is 432 g/mol. The first-order valence-electron chi connectivity index (χ1n) is 9.11. The summed E-state index contributed by atoms with van der Waals surface area (Å²) in [5, 5.41) is 7.02. The summed E-state index contributed by atoms with van der Waals surface area (Å²) in [7, 11) is 0. The molecule has 0 fully saturated rings. The number of pyridine rings is 1. The van der Waals surface area contributed by atoms with E-state index in [2.05, 4.69) is 15.6 Å². The minimum absolute atomic E-state index is 0.0577. The molecule has 6 nitrogen and oxygen atoms in total. The standard InChI is InChI=1S/C21H20F4N6/c22-18-6-1-2-7-19(18)30-16-4-3-5-17(10-16)31(27)13-14(26)12-29-15-8-9-28-20(11-15)21(23,24)25/h1-11,13,30H,12,26-27H2,(H,28,29)/b14-13-. The Kier molecular flexibility index (Phi) is 6.61. The lowest BCUT2D eigenvalue weighted by Gasteiger charge is -2.17. The van der Waals surface area contributed by atoms with Crippen molar-refractivity contribution in [1.82, 2.24) is 4.98 Å². The van der Waals surface area contributed by atoms with E-state index < -0.39 is 17.7 Å².